The van der Waals surface area contributed by atoms with Gasteiger partial charge in [-0.3, -0.25) is 4.79 Å². The lowest BCUT2D eigenvalue weighted by Gasteiger charge is -2.35. The normalized spacial score (nSPS) is 47.1. The van der Waals surface area contributed by atoms with Gasteiger partial charge in [0.15, 0.2) is 0 Å². The van der Waals surface area contributed by atoms with E-state index in [0.717, 1.165) is 36.5 Å². The molecule has 90 valence electrons. The maximum Gasteiger partial charge on any atom is 0.306 e. The summed E-state index contributed by atoms with van der Waals surface area (Å²) in [6.07, 6.45) is 10.1. The molecule has 2 nitrogen and oxygen atoms in total. The zero-order valence-electron chi connectivity index (χ0n) is 9.90. The maximum atomic E-state index is 10.9. The van der Waals surface area contributed by atoms with E-state index < -0.39 is 5.97 Å². The van der Waals surface area contributed by atoms with Crippen LogP contribution in [0.2, 0.25) is 0 Å². The molecule has 3 rings (SSSR count). The van der Waals surface area contributed by atoms with Crippen molar-refractivity contribution >= 4 is 5.97 Å². The first-order valence-electron chi connectivity index (χ1n) is 6.97. The zero-order valence-corrected chi connectivity index (χ0v) is 9.90. The number of carbonyl (C=O) groups is 1. The van der Waals surface area contributed by atoms with Crippen molar-refractivity contribution < 1.29 is 9.90 Å². The average Bonchev–Trinajstić information content (AvgIpc) is 2.91. The lowest BCUT2D eigenvalue weighted by atomic mass is 9.70. The molecular weight excluding hydrogens is 200 g/mol. The second kappa shape index (κ2) is 4.05. The van der Waals surface area contributed by atoms with Crippen molar-refractivity contribution in [2.24, 2.45) is 29.6 Å². The van der Waals surface area contributed by atoms with E-state index in [4.69, 9.17) is 5.11 Å². The lowest BCUT2D eigenvalue weighted by molar-refractivity contribution is -0.143. The number of carboxylic acids is 1. The highest BCUT2D eigenvalue weighted by Crippen LogP contribution is 2.53. The van der Waals surface area contributed by atoms with Gasteiger partial charge in [-0.25, -0.2) is 0 Å². The van der Waals surface area contributed by atoms with Crippen molar-refractivity contribution in [2.45, 2.75) is 51.4 Å². The largest absolute Gasteiger partial charge is 0.481 e. The van der Waals surface area contributed by atoms with Crippen molar-refractivity contribution in [2.75, 3.05) is 0 Å². The molecule has 0 aromatic carbocycles. The van der Waals surface area contributed by atoms with Crippen LogP contribution in [-0.2, 0) is 4.79 Å². The van der Waals surface area contributed by atoms with Crippen molar-refractivity contribution in [3.05, 3.63) is 0 Å². The fourth-order valence-electron chi connectivity index (χ4n) is 4.67. The molecule has 3 saturated carbocycles. The highest BCUT2D eigenvalue weighted by atomic mass is 16.4. The third kappa shape index (κ3) is 1.76. The Morgan fingerprint density at radius 1 is 0.875 bits per heavy atom. The Bertz CT molecular complexity index is 278. The minimum Gasteiger partial charge on any atom is -0.481 e. The molecule has 0 heterocycles. The summed E-state index contributed by atoms with van der Waals surface area (Å²) in [7, 11) is 0. The van der Waals surface area contributed by atoms with Crippen molar-refractivity contribution in [1.29, 1.82) is 0 Å². The van der Waals surface area contributed by atoms with Gasteiger partial charge in [0.1, 0.15) is 0 Å². The SMILES string of the molecule is O=C(O)C1CCC([C@H]2C[C@H]3CCC2C3)CC1. The van der Waals surface area contributed by atoms with Crippen LogP contribution in [0.3, 0.4) is 0 Å². The zero-order chi connectivity index (χ0) is 11.1. The minimum absolute atomic E-state index is 0.0326. The molecular formula is C14H22O2. The number of hydrogen-bond donors (Lipinski definition) is 1. The summed E-state index contributed by atoms with van der Waals surface area (Å²) in [6, 6.07) is 0. The highest BCUT2D eigenvalue weighted by molar-refractivity contribution is 5.69. The fraction of sp³-hybridized carbons (Fsp3) is 0.929. The standard InChI is InChI=1S/C14H22O2/c15-14(16)11-5-3-10(4-6-11)13-8-9-1-2-12(13)7-9/h9-13H,1-8H2,(H,15,16)/t9-,10?,11?,12?,13+/m0/s1. The summed E-state index contributed by atoms with van der Waals surface area (Å²) < 4.78 is 0. The molecule has 0 aromatic heterocycles. The molecule has 1 N–H and O–H groups in total. The monoisotopic (exact) mass is 222 g/mol. The van der Waals surface area contributed by atoms with Crippen LogP contribution >= 0.6 is 0 Å². The second-order valence-corrected chi connectivity index (χ2v) is 6.29. The van der Waals surface area contributed by atoms with Gasteiger partial charge < -0.3 is 5.11 Å². The smallest absolute Gasteiger partial charge is 0.306 e. The Hall–Kier alpha value is -0.530. The van der Waals surface area contributed by atoms with Gasteiger partial charge in [-0.2, -0.15) is 0 Å². The second-order valence-electron chi connectivity index (χ2n) is 6.29. The van der Waals surface area contributed by atoms with Crippen LogP contribution < -0.4 is 0 Å². The van der Waals surface area contributed by atoms with Crippen LogP contribution in [-0.4, -0.2) is 11.1 Å². The minimum atomic E-state index is -0.564. The van der Waals surface area contributed by atoms with E-state index in [1.54, 1.807) is 0 Å². The molecule has 3 atom stereocenters. The van der Waals surface area contributed by atoms with Crippen LogP contribution in [0.1, 0.15) is 51.4 Å². The number of fused-ring (bicyclic) bond motifs is 2. The topological polar surface area (TPSA) is 37.3 Å². The Kier molecular flexibility index (Phi) is 2.68. The Labute approximate surface area is 97.4 Å². The number of hydrogen-bond acceptors (Lipinski definition) is 1. The molecule has 1 unspecified atom stereocenters. The molecule has 0 spiro atoms. The molecule has 0 saturated heterocycles. The molecule has 2 heteroatoms. The van der Waals surface area contributed by atoms with E-state index >= 15 is 0 Å². The van der Waals surface area contributed by atoms with Crippen molar-refractivity contribution in [3.63, 3.8) is 0 Å². The maximum absolute atomic E-state index is 10.9. The molecule has 0 radical (unpaired) electrons. The first-order valence-corrected chi connectivity index (χ1v) is 6.97. The van der Waals surface area contributed by atoms with Crippen LogP contribution in [0, 0.1) is 29.6 Å². The third-order valence-electron chi connectivity index (χ3n) is 5.52. The summed E-state index contributed by atoms with van der Waals surface area (Å²) in [5, 5.41) is 9.00. The molecule has 0 aliphatic heterocycles. The van der Waals surface area contributed by atoms with Gasteiger partial charge in [-0.05, 0) is 68.6 Å². The first-order chi connectivity index (χ1) is 7.74. The summed E-state index contributed by atoms with van der Waals surface area (Å²) in [5.74, 6) is 3.28. The summed E-state index contributed by atoms with van der Waals surface area (Å²) >= 11 is 0. The molecule has 0 aromatic rings. The van der Waals surface area contributed by atoms with Gasteiger partial charge in [-0.1, -0.05) is 6.42 Å². The van der Waals surface area contributed by atoms with E-state index in [2.05, 4.69) is 0 Å². The van der Waals surface area contributed by atoms with Crippen LogP contribution in [0.15, 0.2) is 0 Å². The predicted molar refractivity (Wildman–Crippen MR) is 62.0 cm³/mol. The molecule has 3 aliphatic carbocycles. The van der Waals surface area contributed by atoms with Crippen molar-refractivity contribution in [1.82, 2.24) is 0 Å². The fourth-order valence-corrected chi connectivity index (χ4v) is 4.67. The van der Waals surface area contributed by atoms with Gasteiger partial charge in [0.25, 0.3) is 0 Å². The Balaban J connectivity index is 1.56. The summed E-state index contributed by atoms with van der Waals surface area (Å²) in [5.41, 5.74) is 0. The first kappa shape index (κ1) is 10.6. The van der Waals surface area contributed by atoms with E-state index in [-0.39, 0.29) is 5.92 Å². The summed E-state index contributed by atoms with van der Waals surface area (Å²) in [6.45, 7) is 0. The van der Waals surface area contributed by atoms with Crippen molar-refractivity contribution in [3.8, 4) is 0 Å². The Morgan fingerprint density at radius 2 is 1.56 bits per heavy atom. The molecule has 0 amide bonds. The summed E-state index contributed by atoms with van der Waals surface area (Å²) in [4.78, 5) is 10.9. The van der Waals surface area contributed by atoms with Gasteiger partial charge >= 0.3 is 5.97 Å². The molecule has 3 aliphatic rings. The number of rotatable bonds is 2. The average molecular weight is 222 g/mol. The molecule has 3 fully saturated rings. The van der Waals surface area contributed by atoms with Gasteiger partial charge in [-0.15, -0.1) is 0 Å². The van der Waals surface area contributed by atoms with E-state index in [1.807, 2.05) is 0 Å². The van der Waals surface area contributed by atoms with Crippen LogP contribution in [0.4, 0.5) is 0 Å². The predicted octanol–water partition coefficient (Wildman–Crippen LogP) is 3.31. The van der Waals surface area contributed by atoms with E-state index in [9.17, 15) is 4.79 Å². The van der Waals surface area contributed by atoms with E-state index in [0.29, 0.717) is 0 Å². The quantitative estimate of drug-likeness (QED) is 0.778. The highest BCUT2D eigenvalue weighted by Gasteiger charge is 2.43. The molecule has 2 bridgehead atoms. The lowest BCUT2D eigenvalue weighted by Crippen LogP contribution is -2.28. The number of aliphatic carboxylic acids is 1. The van der Waals surface area contributed by atoms with E-state index in [1.165, 1.54) is 38.5 Å². The number of carboxylic acid groups (broad SMARTS) is 1. The van der Waals surface area contributed by atoms with Crippen LogP contribution in [0.5, 0.6) is 0 Å². The Morgan fingerprint density at radius 3 is 2.06 bits per heavy atom. The van der Waals surface area contributed by atoms with Crippen LogP contribution in [0.25, 0.3) is 0 Å². The van der Waals surface area contributed by atoms with Gasteiger partial charge in [0.2, 0.25) is 0 Å². The molecule has 16 heavy (non-hydrogen) atoms. The third-order valence-corrected chi connectivity index (χ3v) is 5.52. The van der Waals surface area contributed by atoms with Gasteiger partial charge in [0, 0.05) is 0 Å². The van der Waals surface area contributed by atoms with Gasteiger partial charge in [0.05, 0.1) is 5.92 Å².